The Morgan fingerprint density at radius 1 is 0.947 bits per heavy atom. The molecule has 0 saturated heterocycles. The van der Waals surface area contributed by atoms with E-state index >= 15 is 0 Å². The standard InChI is InChI=1S/C31H44F2N4O/c1-6-9-16-35(17-10-7-2)21-24-11-14-29-28(18-24)34-30(37(29)15-8-3)22-36(20-23(4)5)31(38)26-19-25(32)12-13-27(26)33/h11-14,18-19,23H,6-10,15-17,20-22H2,1-5H3. The average molecular weight is 527 g/mol. The van der Waals surface area contributed by atoms with Crippen molar-refractivity contribution in [1.82, 2.24) is 19.4 Å². The van der Waals surface area contributed by atoms with E-state index in [1.165, 1.54) is 31.2 Å². The average Bonchev–Trinajstić information content (AvgIpc) is 3.22. The van der Waals surface area contributed by atoms with Crippen molar-refractivity contribution in [3.63, 3.8) is 0 Å². The number of hydrogen-bond acceptors (Lipinski definition) is 3. The molecule has 0 aliphatic heterocycles. The third-order valence-corrected chi connectivity index (χ3v) is 6.76. The number of rotatable bonds is 15. The highest BCUT2D eigenvalue weighted by atomic mass is 19.1. The van der Waals surface area contributed by atoms with Crippen molar-refractivity contribution < 1.29 is 13.6 Å². The van der Waals surface area contributed by atoms with E-state index in [2.05, 4.69) is 48.4 Å². The lowest BCUT2D eigenvalue weighted by Gasteiger charge is -2.25. The fraction of sp³-hybridized carbons (Fsp3) is 0.548. The number of halogens is 2. The molecule has 0 aliphatic rings. The predicted molar refractivity (Wildman–Crippen MR) is 151 cm³/mol. The van der Waals surface area contributed by atoms with Gasteiger partial charge in [0.05, 0.1) is 23.1 Å². The maximum Gasteiger partial charge on any atom is 0.257 e. The van der Waals surface area contributed by atoms with Crippen LogP contribution in [-0.2, 0) is 19.6 Å². The number of carbonyl (C=O) groups is 1. The fourth-order valence-corrected chi connectivity index (χ4v) is 4.87. The topological polar surface area (TPSA) is 41.4 Å². The molecule has 3 aromatic rings. The van der Waals surface area contributed by atoms with E-state index in [0.717, 1.165) is 67.7 Å². The van der Waals surface area contributed by atoms with Gasteiger partial charge in [-0.05, 0) is 74.2 Å². The molecule has 208 valence electrons. The highest BCUT2D eigenvalue weighted by Gasteiger charge is 2.24. The molecule has 1 aromatic heterocycles. The van der Waals surface area contributed by atoms with E-state index in [9.17, 15) is 13.6 Å². The molecular weight excluding hydrogens is 482 g/mol. The van der Waals surface area contributed by atoms with Crippen molar-refractivity contribution >= 4 is 16.9 Å². The first-order valence-electron chi connectivity index (χ1n) is 14.2. The lowest BCUT2D eigenvalue weighted by atomic mass is 10.1. The van der Waals surface area contributed by atoms with E-state index in [1.807, 2.05) is 13.8 Å². The highest BCUT2D eigenvalue weighted by molar-refractivity contribution is 5.94. The number of aromatic nitrogens is 2. The van der Waals surface area contributed by atoms with E-state index in [0.29, 0.717) is 6.54 Å². The van der Waals surface area contributed by atoms with Gasteiger partial charge in [0, 0.05) is 19.6 Å². The lowest BCUT2D eigenvalue weighted by molar-refractivity contribution is 0.0711. The number of nitrogens with zero attached hydrogens (tertiary/aromatic N) is 4. The number of aryl methyl sites for hydroxylation is 1. The van der Waals surface area contributed by atoms with Gasteiger partial charge in [0.1, 0.15) is 17.5 Å². The van der Waals surface area contributed by atoms with E-state index < -0.39 is 17.5 Å². The Morgan fingerprint density at radius 2 is 1.66 bits per heavy atom. The summed E-state index contributed by atoms with van der Waals surface area (Å²) >= 11 is 0. The normalized spacial score (nSPS) is 11.7. The Balaban J connectivity index is 1.93. The second kappa shape index (κ2) is 14.4. The van der Waals surface area contributed by atoms with Gasteiger partial charge in [0.15, 0.2) is 0 Å². The van der Waals surface area contributed by atoms with Crippen LogP contribution in [0.5, 0.6) is 0 Å². The monoisotopic (exact) mass is 526 g/mol. The molecule has 0 fully saturated rings. The van der Waals surface area contributed by atoms with E-state index in [1.54, 1.807) is 4.90 Å². The van der Waals surface area contributed by atoms with Gasteiger partial charge in [-0.25, -0.2) is 13.8 Å². The Morgan fingerprint density at radius 3 is 2.29 bits per heavy atom. The molecule has 5 nitrogen and oxygen atoms in total. The summed E-state index contributed by atoms with van der Waals surface area (Å²) in [6.07, 6.45) is 5.65. The summed E-state index contributed by atoms with van der Waals surface area (Å²) in [6.45, 7) is 15.1. The first-order chi connectivity index (χ1) is 18.3. The number of imidazole rings is 1. The van der Waals surface area contributed by atoms with Crippen molar-refractivity contribution in [2.24, 2.45) is 5.92 Å². The van der Waals surface area contributed by atoms with E-state index in [4.69, 9.17) is 4.98 Å². The molecular formula is C31H44F2N4O. The van der Waals surface area contributed by atoms with Gasteiger partial charge in [-0.15, -0.1) is 0 Å². The van der Waals surface area contributed by atoms with Crippen LogP contribution < -0.4 is 0 Å². The quantitative estimate of drug-likeness (QED) is 0.207. The van der Waals surface area contributed by atoms with Gasteiger partial charge in [-0.3, -0.25) is 9.69 Å². The zero-order chi connectivity index (χ0) is 27.7. The van der Waals surface area contributed by atoms with Crippen LogP contribution in [0.4, 0.5) is 8.78 Å². The van der Waals surface area contributed by atoms with Crippen molar-refractivity contribution in [3.8, 4) is 0 Å². The Bertz CT molecular complexity index is 1180. The van der Waals surface area contributed by atoms with Crippen LogP contribution in [0.15, 0.2) is 36.4 Å². The second-order valence-electron chi connectivity index (χ2n) is 10.7. The Hall–Kier alpha value is -2.80. The van der Waals surface area contributed by atoms with Gasteiger partial charge in [-0.2, -0.15) is 0 Å². The smallest absolute Gasteiger partial charge is 0.257 e. The highest BCUT2D eigenvalue weighted by Crippen LogP contribution is 2.23. The maximum absolute atomic E-state index is 14.5. The molecule has 38 heavy (non-hydrogen) atoms. The first-order valence-corrected chi connectivity index (χ1v) is 14.2. The van der Waals surface area contributed by atoms with Gasteiger partial charge in [-0.1, -0.05) is 53.5 Å². The number of hydrogen-bond donors (Lipinski definition) is 0. The molecule has 1 heterocycles. The van der Waals surface area contributed by atoms with Gasteiger partial charge >= 0.3 is 0 Å². The molecule has 0 bridgehead atoms. The summed E-state index contributed by atoms with van der Waals surface area (Å²) in [6, 6.07) is 9.50. The summed E-state index contributed by atoms with van der Waals surface area (Å²) in [5.41, 5.74) is 2.93. The summed E-state index contributed by atoms with van der Waals surface area (Å²) in [4.78, 5) is 22.5. The molecule has 2 aromatic carbocycles. The van der Waals surface area contributed by atoms with Crippen molar-refractivity contribution in [2.45, 2.75) is 86.4 Å². The van der Waals surface area contributed by atoms with Crippen molar-refractivity contribution in [2.75, 3.05) is 19.6 Å². The zero-order valence-corrected chi connectivity index (χ0v) is 23.8. The second-order valence-corrected chi connectivity index (χ2v) is 10.7. The molecule has 0 saturated carbocycles. The zero-order valence-electron chi connectivity index (χ0n) is 23.8. The molecule has 0 radical (unpaired) electrons. The molecule has 0 N–H and O–H groups in total. The minimum Gasteiger partial charge on any atom is -0.331 e. The molecule has 0 spiro atoms. The third-order valence-electron chi connectivity index (χ3n) is 6.76. The van der Waals surface area contributed by atoms with Crippen LogP contribution >= 0.6 is 0 Å². The molecule has 0 aliphatic carbocycles. The summed E-state index contributed by atoms with van der Waals surface area (Å²) in [5, 5.41) is 0. The van der Waals surface area contributed by atoms with Crippen LogP contribution in [0.2, 0.25) is 0 Å². The van der Waals surface area contributed by atoms with Crippen LogP contribution in [0.25, 0.3) is 11.0 Å². The van der Waals surface area contributed by atoms with Gasteiger partial charge < -0.3 is 9.47 Å². The number of carbonyl (C=O) groups excluding carboxylic acids is 1. The molecule has 3 rings (SSSR count). The van der Waals surface area contributed by atoms with Crippen LogP contribution in [0.1, 0.15) is 88.5 Å². The number of amides is 1. The van der Waals surface area contributed by atoms with Crippen LogP contribution in [-0.4, -0.2) is 44.9 Å². The van der Waals surface area contributed by atoms with E-state index in [-0.39, 0.29) is 18.0 Å². The number of unbranched alkanes of at least 4 members (excludes halogenated alkanes) is 2. The van der Waals surface area contributed by atoms with Crippen molar-refractivity contribution in [3.05, 3.63) is 65.0 Å². The van der Waals surface area contributed by atoms with Crippen LogP contribution in [0, 0.1) is 17.6 Å². The maximum atomic E-state index is 14.5. The largest absolute Gasteiger partial charge is 0.331 e. The number of fused-ring (bicyclic) bond motifs is 1. The SMILES string of the molecule is CCCCN(CCCC)Cc1ccc2c(c1)nc(CN(CC(C)C)C(=O)c1cc(F)ccc1F)n2CCC. The van der Waals surface area contributed by atoms with Crippen LogP contribution in [0.3, 0.4) is 0 Å². The fourth-order valence-electron chi connectivity index (χ4n) is 4.87. The van der Waals surface area contributed by atoms with Gasteiger partial charge in [0.25, 0.3) is 5.91 Å². The Labute approximate surface area is 226 Å². The molecule has 0 atom stereocenters. The molecule has 0 unspecified atom stereocenters. The van der Waals surface area contributed by atoms with Gasteiger partial charge in [0.2, 0.25) is 0 Å². The lowest BCUT2D eigenvalue weighted by Crippen LogP contribution is -2.35. The van der Waals surface area contributed by atoms with Crippen molar-refractivity contribution in [1.29, 1.82) is 0 Å². The first kappa shape index (κ1) is 29.8. The predicted octanol–water partition coefficient (Wildman–Crippen LogP) is 7.43. The molecule has 7 heteroatoms. The minimum atomic E-state index is -0.715. The summed E-state index contributed by atoms with van der Waals surface area (Å²) in [7, 11) is 0. The summed E-state index contributed by atoms with van der Waals surface area (Å²) < 4.78 is 30.5. The Kier molecular flexibility index (Phi) is 11.3. The number of benzene rings is 2. The minimum absolute atomic E-state index is 0.156. The molecule has 1 amide bonds. The third kappa shape index (κ3) is 7.85. The summed E-state index contributed by atoms with van der Waals surface area (Å²) in [5.74, 6) is -0.944.